The van der Waals surface area contributed by atoms with Crippen LogP contribution in [0.15, 0.2) is 18.2 Å². The molecule has 26 heavy (non-hydrogen) atoms. The number of hydrogen-bond acceptors (Lipinski definition) is 4. The molecule has 1 aromatic rings. The molecule has 0 bridgehead atoms. The van der Waals surface area contributed by atoms with Gasteiger partial charge >= 0.3 is 0 Å². The number of rotatable bonds is 5. The van der Waals surface area contributed by atoms with Crippen molar-refractivity contribution in [3.8, 4) is 0 Å². The second-order valence-electron chi connectivity index (χ2n) is 7.35. The van der Waals surface area contributed by atoms with Crippen molar-refractivity contribution in [1.29, 1.82) is 0 Å². The first kappa shape index (κ1) is 18.7. The molecule has 3 N–H and O–H groups in total. The summed E-state index contributed by atoms with van der Waals surface area (Å²) in [7, 11) is 1.96. The standard InChI is InChI=1S/C20H30N4O2/c1-24-13-10-19(25)23-17-14-15(8-9-18(17)24)20(26)22-12-11-21-16-6-4-2-3-5-7-16/h8-9,14,16,21H,2-7,10-13H2,1H3,(H,22,26)(H,23,25). The number of carbonyl (C=O) groups excluding carboxylic acids is 2. The monoisotopic (exact) mass is 358 g/mol. The molecule has 142 valence electrons. The lowest BCUT2D eigenvalue weighted by Gasteiger charge is -2.19. The van der Waals surface area contributed by atoms with Crippen LogP contribution in [0.25, 0.3) is 0 Å². The fraction of sp³-hybridized carbons (Fsp3) is 0.600. The van der Waals surface area contributed by atoms with Crippen LogP contribution in [0.5, 0.6) is 0 Å². The van der Waals surface area contributed by atoms with Gasteiger partial charge in [0.25, 0.3) is 5.91 Å². The van der Waals surface area contributed by atoms with Crippen molar-refractivity contribution in [2.45, 2.75) is 51.0 Å². The van der Waals surface area contributed by atoms with Gasteiger partial charge in [0.2, 0.25) is 5.91 Å². The highest BCUT2D eigenvalue weighted by atomic mass is 16.2. The van der Waals surface area contributed by atoms with Crippen molar-refractivity contribution in [3.05, 3.63) is 23.8 Å². The van der Waals surface area contributed by atoms with Crippen LogP contribution in [0.3, 0.4) is 0 Å². The number of nitrogens with zero attached hydrogens (tertiary/aromatic N) is 1. The van der Waals surface area contributed by atoms with E-state index in [9.17, 15) is 9.59 Å². The van der Waals surface area contributed by atoms with Crippen LogP contribution in [0.1, 0.15) is 55.3 Å². The van der Waals surface area contributed by atoms with Gasteiger partial charge in [-0.15, -0.1) is 0 Å². The molecule has 6 nitrogen and oxygen atoms in total. The first-order chi connectivity index (χ1) is 12.6. The maximum absolute atomic E-state index is 12.4. The van der Waals surface area contributed by atoms with Gasteiger partial charge in [0.05, 0.1) is 11.4 Å². The summed E-state index contributed by atoms with van der Waals surface area (Å²) in [6.45, 7) is 2.08. The molecule has 3 rings (SSSR count). The van der Waals surface area contributed by atoms with Gasteiger partial charge in [0.1, 0.15) is 0 Å². The summed E-state index contributed by atoms with van der Waals surface area (Å²) in [6.07, 6.45) is 8.24. The smallest absolute Gasteiger partial charge is 0.251 e. The molecule has 0 saturated heterocycles. The Morgan fingerprint density at radius 3 is 2.73 bits per heavy atom. The van der Waals surface area contributed by atoms with Crippen molar-refractivity contribution in [3.63, 3.8) is 0 Å². The van der Waals surface area contributed by atoms with Crippen molar-refractivity contribution < 1.29 is 9.59 Å². The largest absolute Gasteiger partial charge is 0.372 e. The first-order valence-corrected chi connectivity index (χ1v) is 9.80. The van der Waals surface area contributed by atoms with Gasteiger partial charge in [-0.1, -0.05) is 25.7 Å². The van der Waals surface area contributed by atoms with E-state index in [0.29, 0.717) is 36.8 Å². The van der Waals surface area contributed by atoms with Gasteiger partial charge in [-0.05, 0) is 31.0 Å². The second kappa shape index (κ2) is 9.03. The zero-order valence-electron chi connectivity index (χ0n) is 15.6. The van der Waals surface area contributed by atoms with Crippen LogP contribution in [0.2, 0.25) is 0 Å². The Morgan fingerprint density at radius 2 is 1.96 bits per heavy atom. The molecule has 2 amide bonds. The van der Waals surface area contributed by atoms with E-state index in [1.165, 1.54) is 38.5 Å². The number of carbonyl (C=O) groups is 2. The van der Waals surface area contributed by atoms with Gasteiger partial charge in [-0.25, -0.2) is 0 Å². The molecule has 0 radical (unpaired) electrons. The van der Waals surface area contributed by atoms with Crippen LogP contribution in [0.4, 0.5) is 11.4 Å². The second-order valence-corrected chi connectivity index (χ2v) is 7.35. The topological polar surface area (TPSA) is 73.5 Å². The molecule has 0 spiro atoms. The molecule has 1 aliphatic carbocycles. The fourth-order valence-corrected chi connectivity index (χ4v) is 3.75. The van der Waals surface area contributed by atoms with Crippen LogP contribution >= 0.6 is 0 Å². The van der Waals surface area contributed by atoms with E-state index < -0.39 is 0 Å². The van der Waals surface area contributed by atoms with Crippen molar-refractivity contribution in [2.75, 3.05) is 36.9 Å². The van der Waals surface area contributed by atoms with E-state index in [2.05, 4.69) is 16.0 Å². The maximum atomic E-state index is 12.4. The number of benzene rings is 1. The Labute approximate surface area is 155 Å². The minimum atomic E-state index is -0.100. The van der Waals surface area contributed by atoms with Crippen LogP contribution in [-0.2, 0) is 4.79 Å². The highest BCUT2D eigenvalue weighted by Crippen LogP contribution is 2.28. The summed E-state index contributed by atoms with van der Waals surface area (Å²) in [5, 5.41) is 9.42. The molecule has 0 atom stereocenters. The normalized spacial score (nSPS) is 18.5. The maximum Gasteiger partial charge on any atom is 0.251 e. The highest BCUT2D eigenvalue weighted by molar-refractivity contribution is 6.00. The minimum Gasteiger partial charge on any atom is -0.372 e. The van der Waals surface area contributed by atoms with Crippen LogP contribution < -0.4 is 20.9 Å². The summed E-state index contributed by atoms with van der Waals surface area (Å²) in [5.74, 6) is -0.114. The number of amides is 2. The van der Waals surface area contributed by atoms with Gasteiger partial charge in [-0.2, -0.15) is 0 Å². The third-order valence-corrected chi connectivity index (χ3v) is 5.32. The molecule has 1 saturated carbocycles. The van der Waals surface area contributed by atoms with E-state index in [1.54, 1.807) is 6.07 Å². The molecule has 1 aromatic carbocycles. The Hall–Kier alpha value is -2.08. The quantitative estimate of drug-likeness (QED) is 0.559. The average Bonchev–Trinajstić information content (AvgIpc) is 2.98. The summed E-state index contributed by atoms with van der Waals surface area (Å²) in [5.41, 5.74) is 2.23. The highest BCUT2D eigenvalue weighted by Gasteiger charge is 2.18. The molecule has 1 heterocycles. The van der Waals surface area contributed by atoms with Crippen molar-refractivity contribution in [2.24, 2.45) is 0 Å². The zero-order chi connectivity index (χ0) is 18.4. The van der Waals surface area contributed by atoms with E-state index in [0.717, 1.165) is 12.2 Å². The minimum absolute atomic E-state index is 0.0132. The molecule has 0 aromatic heterocycles. The number of fused-ring (bicyclic) bond motifs is 1. The molecule has 0 unspecified atom stereocenters. The van der Waals surface area contributed by atoms with Gasteiger partial charge in [0.15, 0.2) is 0 Å². The van der Waals surface area contributed by atoms with Crippen molar-refractivity contribution >= 4 is 23.2 Å². The van der Waals surface area contributed by atoms with Crippen molar-refractivity contribution in [1.82, 2.24) is 10.6 Å². The molecular formula is C20H30N4O2. The summed E-state index contributed by atoms with van der Waals surface area (Å²) >= 11 is 0. The third-order valence-electron chi connectivity index (χ3n) is 5.32. The Balaban J connectivity index is 1.51. The lowest BCUT2D eigenvalue weighted by atomic mass is 10.1. The Bertz CT molecular complexity index is 639. The molecule has 1 aliphatic heterocycles. The summed E-state index contributed by atoms with van der Waals surface area (Å²) in [6, 6.07) is 6.08. The van der Waals surface area contributed by atoms with E-state index in [4.69, 9.17) is 0 Å². The van der Waals surface area contributed by atoms with E-state index in [1.807, 2.05) is 24.1 Å². The van der Waals surface area contributed by atoms with Crippen LogP contribution in [-0.4, -0.2) is 44.5 Å². The lowest BCUT2D eigenvalue weighted by molar-refractivity contribution is -0.115. The lowest BCUT2D eigenvalue weighted by Crippen LogP contribution is -2.36. The van der Waals surface area contributed by atoms with Gasteiger partial charge in [-0.3, -0.25) is 9.59 Å². The SMILES string of the molecule is CN1CCC(=O)Nc2cc(C(=O)NCCNC3CCCCCC3)ccc21. The third kappa shape index (κ3) is 4.97. The fourth-order valence-electron chi connectivity index (χ4n) is 3.75. The zero-order valence-corrected chi connectivity index (χ0v) is 15.6. The van der Waals surface area contributed by atoms with E-state index >= 15 is 0 Å². The number of hydrogen-bond donors (Lipinski definition) is 3. The number of anilines is 2. The average molecular weight is 358 g/mol. The Kier molecular flexibility index (Phi) is 6.50. The Morgan fingerprint density at radius 1 is 1.19 bits per heavy atom. The predicted molar refractivity (Wildman–Crippen MR) is 105 cm³/mol. The van der Waals surface area contributed by atoms with Crippen LogP contribution in [0, 0.1) is 0 Å². The molecule has 6 heteroatoms. The first-order valence-electron chi connectivity index (χ1n) is 9.80. The molecule has 1 fully saturated rings. The summed E-state index contributed by atoms with van der Waals surface area (Å²) < 4.78 is 0. The summed E-state index contributed by atoms with van der Waals surface area (Å²) in [4.78, 5) is 26.3. The number of nitrogens with one attached hydrogen (secondary N) is 3. The molecule has 2 aliphatic rings. The van der Waals surface area contributed by atoms with E-state index in [-0.39, 0.29) is 11.8 Å². The molecular weight excluding hydrogens is 328 g/mol. The predicted octanol–water partition coefficient (Wildman–Crippen LogP) is 2.51. The van der Waals surface area contributed by atoms with Gasteiger partial charge in [0, 0.05) is 44.7 Å². The van der Waals surface area contributed by atoms with Gasteiger partial charge < -0.3 is 20.9 Å².